The van der Waals surface area contributed by atoms with Gasteiger partial charge in [0.05, 0.1) is 28.7 Å². The van der Waals surface area contributed by atoms with Crippen molar-refractivity contribution in [2.75, 3.05) is 0 Å². The summed E-state index contributed by atoms with van der Waals surface area (Å²) in [5, 5.41) is 11.5. The fourth-order valence-corrected chi connectivity index (χ4v) is 2.34. The molecular formula is C15H10ClN3O3. The SMILES string of the molecule is O=c1c2cc(Cl)ccc2ncn1Cc1ccc([N+](=O)[O-])cc1. The maximum atomic E-state index is 12.4. The predicted molar refractivity (Wildman–Crippen MR) is 83.2 cm³/mol. The van der Waals surface area contributed by atoms with E-state index in [4.69, 9.17) is 11.6 Å². The van der Waals surface area contributed by atoms with Crippen LogP contribution in [0.5, 0.6) is 0 Å². The number of hydrogen-bond donors (Lipinski definition) is 0. The first-order chi connectivity index (χ1) is 10.5. The number of nitrogens with zero attached hydrogens (tertiary/aromatic N) is 3. The molecule has 0 amide bonds. The topological polar surface area (TPSA) is 78.0 Å². The van der Waals surface area contributed by atoms with Gasteiger partial charge >= 0.3 is 0 Å². The van der Waals surface area contributed by atoms with Crippen LogP contribution in [-0.4, -0.2) is 14.5 Å². The summed E-state index contributed by atoms with van der Waals surface area (Å²) in [5.41, 5.74) is 1.16. The highest BCUT2D eigenvalue weighted by molar-refractivity contribution is 6.31. The van der Waals surface area contributed by atoms with Crippen molar-refractivity contribution in [2.24, 2.45) is 0 Å². The first kappa shape index (κ1) is 14.2. The molecule has 0 N–H and O–H groups in total. The maximum absolute atomic E-state index is 12.4. The summed E-state index contributed by atoms with van der Waals surface area (Å²) in [4.78, 5) is 26.8. The largest absolute Gasteiger partial charge is 0.294 e. The maximum Gasteiger partial charge on any atom is 0.269 e. The van der Waals surface area contributed by atoms with Crippen molar-refractivity contribution in [1.82, 2.24) is 9.55 Å². The molecule has 0 unspecified atom stereocenters. The number of non-ortho nitro benzene ring substituents is 1. The summed E-state index contributed by atoms with van der Waals surface area (Å²) in [6.07, 6.45) is 1.46. The molecule has 1 aromatic heterocycles. The van der Waals surface area contributed by atoms with Gasteiger partial charge in [-0.1, -0.05) is 23.7 Å². The summed E-state index contributed by atoms with van der Waals surface area (Å²) in [6.45, 7) is 0.284. The van der Waals surface area contributed by atoms with E-state index in [2.05, 4.69) is 4.98 Å². The Morgan fingerprint density at radius 2 is 1.91 bits per heavy atom. The molecule has 0 saturated heterocycles. The van der Waals surface area contributed by atoms with Crippen LogP contribution < -0.4 is 5.56 Å². The number of benzene rings is 2. The Morgan fingerprint density at radius 3 is 2.59 bits per heavy atom. The van der Waals surface area contributed by atoms with Gasteiger partial charge in [0.15, 0.2) is 0 Å². The fraction of sp³-hybridized carbons (Fsp3) is 0.0667. The van der Waals surface area contributed by atoms with Crippen LogP contribution >= 0.6 is 11.6 Å². The Kier molecular flexibility index (Phi) is 3.60. The van der Waals surface area contributed by atoms with Crippen LogP contribution in [0.1, 0.15) is 5.56 Å². The second-order valence-electron chi connectivity index (χ2n) is 4.76. The first-order valence-corrected chi connectivity index (χ1v) is 6.80. The molecular weight excluding hydrogens is 306 g/mol. The van der Waals surface area contributed by atoms with Crippen molar-refractivity contribution in [3.8, 4) is 0 Å². The molecule has 0 aliphatic heterocycles. The van der Waals surface area contributed by atoms with E-state index in [9.17, 15) is 14.9 Å². The summed E-state index contributed by atoms with van der Waals surface area (Å²) >= 11 is 5.91. The zero-order chi connectivity index (χ0) is 15.7. The molecule has 0 atom stereocenters. The van der Waals surface area contributed by atoms with Crippen LogP contribution in [0.2, 0.25) is 5.02 Å². The Labute approximate surface area is 129 Å². The van der Waals surface area contributed by atoms with E-state index in [1.165, 1.54) is 23.0 Å². The van der Waals surface area contributed by atoms with Gasteiger partial charge in [0.2, 0.25) is 0 Å². The summed E-state index contributed by atoms with van der Waals surface area (Å²) in [6, 6.07) is 11.0. The number of nitro groups is 1. The van der Waals surface area contributed by atoms with Crippen LogP contribution in [-0.2, 0) is 6.54 Å². The molecule has 7 heteroatoms. The van der Waals surface area contributed by atoms with E-state index in [1.807, 2.05) is 0 Å². The quantitative estimate of drug-likeness (QED) is 0.550. The molecule has 110 valence electrons. The zero-order valence-corrected chi connectivity index (χ0v) is 12.0. The third kappa shape index (κ3) is 2.68. The van der Waals surface area contributed by atoms with E-state index >= 15 is 0 Å². The molecule has 3 rings (SSSR count). The van der Waals surface area contributed by atoms with Crippen molar-refractivity contribution in [2.45, 2.75) is 6.54 Å². The summed E-state index contributed by atoms with van der Waals surface area (Å²) in [5.74, 6) is 0. The van der Waals surface area contributed by atoms with Gasteiger partial charge in [-0.2, -0.15) is 0 Å². The van der Waals surface area contributed by atoms with Gasteiger partial charge in [0, 0.05) is 17.2 Å². The van der Waals surface area contributed by atoms with Crippen molar-refractivity contribution in [3.05, 3.63) is 79.8 Å². The Bertz CT molecular complexity index is 919. The molecule has 3 aromatic rings. The van der Waals surface area contributed by atoms with Gasteiger partial charge < -0.3 is 0 Å². The lowest BCUT2D eigenvalue weighted by atomic mass is 10.2. The second-order valence-corrected chi connectivity index (χ2v) is 5.20. The molecule has 0 aliphatic carbocycles. The first-order valence-electron chi connectivity index (χ1n) is 6.42. The molecule has 0 fully saturated rings. The predicted octanol–water partition coefficient (Wildman–Crippen LogP) is 3.01. The van der Waals surface area contributed by atoms with Crippen LogP contribution in [0.3, 0.4) is 0 Å². The van der Waals surface area contributed by atoms with Gasteiger partial charge in [0.25, 0.3) is 11.2 Å². The average molecular weight is 316 g/mol. The van der Waals surface area contributed by atoms with Crippen LogP contribution in [0.25, 0.3) is 10.9 Å². The second kappa shape index (κ2) is 5.57. The van der Waals surface area contributed by atoms with E-state index in [0.29, 0.717) is 15.9 Å². The van der Waals surface area contributed by atoms with Gasteiger partial charge in [-0.15, -0.1) is 0 Å². The van der Waals surface area contributed by atoms with E-state index in [0.717, 1.165) is 5.56 Å². The van der Waals surface area contributed by atoms with E-state index < -0.39 is 4.92 Å². The van der Waals surface area contributed by atoms with Crippen molar-refractivity contribution < 1.29 is 4.92 Å². The minimum atomic E-state index is -0.463. The number of hydrogen-bond acceptors (Lipinski definition) is 4. The van der Waals surface area contributed by atoms with Gasteiger partial charge in [-0.25, -0.2) is 4.98 Å². The Balaban J connectivity index is 1.98. The lowest BCUT2D eigenvalue weighted by molar-refractivity contribution is -0.384. The van der Waals surface area contributed by atoms with Gasteiger partial charge in [-0.3, -0.25) is 19.5 Å². The molecule has 2 aromatic carbocycles. The van der Waals surface area contributed by atoms with Crippen LogP contribution in [0, 0.1) is 10.1 Å². The lowest BCUT2D eigenvalue weighted by Gasteiger charge is -2.07. The number of aromatic nitrogens is 2. The molecule has 0 radical (unpaired) electrons. The fourth-order valence-electron chi connectivity index (χ4n) is 2.16. The summed E-state index contributed by atoms with van der Waals surface area (Å²) < 4.78 is 1.44. The average Bonchev–Trinajstić information content (AvgIpc) is 2.51. The van der Waals surface area contributed by atoms with Gasteiger partial charge in [-0.05, 0) is 23.8 Å². The van der Waals surface area contributed by atoms with E-state index in [1.54, 1.807) is 30.3 Å². The van der Waals surface area contributed by atoms with Gasteiger partial charge in [0.1, 0.15) is 0 Å². The molecule has 0 bridgehead atoms. The molecule has 0 saturated carbocycles. The number of fused-ring (bicyclic) bond motifs is 1. The van der Waals surface area contributed by atoms with Crippen molar-refractivity contribution in [3.63, 3.8) is 0 Å². The minimum absolute atomic E-state index is 0.0134. The Hall–Kier alpha value is -2.73. The molecule has 0 aliphatic rings. The van der Waals surface area contributed by atoms with Crippen LogP contribution in [0.4, 0.5) is 5.69 Å². The number of nitro benzene ring substituents is 1. The summed E-state index contributed by atoms with van der Waals surface area (Å²) in [7, 11) is 0. The molecule has 22 heavy (non-hydrogen) atoms. The highest BCUT2D eigenvalue weighted by atomic mass is 35.5. The normalized spacial score (nSPS) is 10.8. The van der Waals surface area contributed by atoms with Crippen molar-refractivity contribution >= 4 is 28.2 Å². The van der Waals surface area contributed by atoms with E-state index in [-0.39, 0.29) is 17.8 Å². The number of rotatable bonds is 3. The highest BCUT2D eigenvalue weighted by Gasteiger charge is 2.07. The third-order valence-electron chi connectivity index (χ3n) is 3.29. The van der Waals surface area contributed by atoms with Crippen LogP contribution in [0.15, 0.2) is 53.6 Å². The molecule has 1 heterocycles. The minimum Gasteiger partial charge on any atom is -0.294 e. The molecule has 0 spiro atoms. The van der Waals surface area contributed by atoms with Crippen molar-refractivity contribution in [1.29, 1.82) is 0 Å². The Morgan fingerprint density at radius 1 is 1.18 bits per heavy atom. The standard InChI is InChI=1S/C15H10ClN3O3/c16-11-3-6-14-13(7-11)15(20)18(9-17-14)8-10-1-4-12(5-2-10)19(21)22/h1-7,9H,8H2. The lowest BCUT2D eigenvalue weighted by Crippen LogP contribution is -2.21. The molecule has 6 nitrogen and oxygen atoms in total. The zero-order valence-electron chi connectivity index (χ0n) is 11.3. The highest BCUT2D eigenvalue weighted by Crippen LogP contribution is 2.15. The third-order valence-corrected chi connectivity index (χ3v) is 3.52. The monoisotopic (exact) mass is 315 g/mol. The smallest absolute Gasteiger partial charge is 0.269 e. The number of halogens is 1.